The molecule has 138 valence electrons. The Labute approximate surface area is 153 Å². The zero-order valence-electron chi connectivity index (χ0n) is 15.3. The molecule has 26 heavy (non-hydrogen) atoms. The molecule has 0 unspecified atom stereocenters. The quantitative estimate of drug-likeness (QED) is 0.804. The van der Waals surface area contributed by atoms with Crippen LogP contribution in [0.5, 0.6) is 17.2 Å². The molecule has 0 aliphatic carbocycles. The van der Waals surface area contributed by atoms with Gasteiger partial charge < -0.3 is 24.8 Å². The minimum absolute atomic E-state index is 0.289. The molecule has 2 N–H and O–H groups in total. The van der Waals surface area contributed by atoms with Gasteiger partial charge in [-0.3, -0.25) is 0 Å². The third kappa shape index (κ3) is 4.20. The molecule has 6 nitrogen and oxygen atoms in total. The van der Waals surface area contributed by atoms with Gasteiger partial charge in [0.25, 0.3) is 0 Å². The Bertz CT molecular complexity index is 805. The molecule has 1 aliphatic rings. The first-order chi connectivity index (χ1) is 12.5. The van der Waals surface area contributed by atoms with Gasteiger partial charge in [0.2, 0.25) is 0 Å². The third-order valence-electron chi connectivity index (χ3n) is 4.31. The molecule has 6 heteroatoms. The van der Waals surface area contributed by atoms with Gasteiger partial charge in [-0.15, -0.1) is 0 Å². The molecular weight excluding hydrogens is 332 g/mol. The fourth-order valence-electron chi connectivity index (χ4n) is 2.76. The highest BCUT2D eigenvalue weighted by Crippen LogP contribution is 2.32. The molecule has 0 saturated heterocycles. The number of nitrogens with one attached hydrogen (secondary N) is 2. The Balaban J connectivity index is 1.47. The Hall–Kier alpha value is -2.89. The van der Waals surface area contributed by atoms with Crippen LogP contribution in [0.3, 0.4) is 0 Å². The predicted molar refractivity (Wildman–Crippen MR) is 101 cm³/mol. The second-order valence-electron chi connectivity index (χ2n) is 6.24. The van der Waals surface area contributed by atoms with Crippen molar-refractivity contribution in [3.05, 3.63) is 47.0 Å². The van der Waals surface area contributed by atoms with E-state index >= 15 is 0 Å². The summed E-state index contributed by atoms with van der Waals surface area (Å²) in [6.07, 6.45) is 0. The van der Waals surface area contributed by atoms with Gasteiger partial charge in [0.05, 0.1) is 6.54 Å². The van der Waals surface area contributed by atoms with Crippen molar-refractivity contribution in [1.29, 1.82) is 0 Å². The first-order valence-electron chi connectivity index (χ1n) is 8.68. The summed E-state index contributed by atoms with van der Waals surface area (Å²) in [7, 11) is 0. The lowest BCUT2D eigenvalue weighted by Crippen LogP contribution is -2.32. The summed E-state index contributed by atoms with van der Waals surface area (Å²) in [5.41, 5.74) is 4.06. The molecule has 0 atom stereocenters. The van der Waals surface area contributed by atoms with Crippen molar-refractivity contribution in [2.75, 3.05) is 31.7 Å². The van der Waals surface area contributed by atoms with Crippen LogP contribution in [0.1, 0.15) is 16.7 Å². The highest BCUT2D eigenvalue weighted by atomic mass is 16.6. The van der Waals surface area contributed by atoms with Gasteiger partial charge in [0.15, 0.2) is 11.5 Å². The zero-order valence-corrected chi connectivity index (χ0v) is 15.3. The van der Waals surface area contributed by atoms with Gasteiger partial charge in [-0.1, -0.05) is 12.1 Å². The van der Waals surface area contributed by atoms with Crippen molar-refractivity contribution in [3.8, 4) is 17.2 Å². The topological polar surface area (TPSA) is 68.8 Å². The molecule has 2 aromatic rings. The highest BCUT2D eigenvalue weighted by Gasteiger charge is 2.12. The molecular formula is C20H24N2O4. The molecule has 1 heterocycles. The first-order valence-corrected chi connectivity index (χ1v) is 8.68. The minimum Gasteiger partial charge on any atom is -0.491 e. The summed E-state index contributed by atoms with van der Waals surface area (Å²) in [4.78, 5) is 12.0. The number of carbonyl (C=O) groups excluding carboxylic acids is 1. The average Bonchev–Trinajstić information content (AvgIpc) is 2.64. The molecule has 2 amide bonds. The number of urea groups is 1. The standard InChI is InChI=1S/C20H24N2O4/c1-13-4-5-14(2)19(15(13)3)26-9-8-21-20(23)22-16-6-7-17-18(12-16)25-11-10-24-17/h4-7,12H,8-11H2,1-3H3,(H2,21,22,23). The van der Waals surface area contributed by atoms with Crippen LogP contribution in [0, 0.1) is 20.8 Å². The van der Waals surface area contributed by atoms with Crippen LogP contribution in [0.4, 0.5) is 10.5 Å². The number of hydrogen-bond acceptors (Lipinski definition) is 4. The summed E-state index contributed by atoms with van der Waals surface area (Å²) >= 11 is 0. The van der Waals surface area contributed by atoms with E-state index in [4.69, 9.17) is 14.2 Å². The minimum atomic E-state index is -0.289. The lowest BCUT2D eigenvalue weighted by Gasteiger charge is -2.19. The van der Waals surface area contributed by atoms with E-state index in [1.807, 2.05) is 19.9 Å². The fourth-order valence-corrected chi connectivity index (χ4v) is 2.76. The van der Waals surface area contributed by atoms with Crippen molar-refractivity contribution in [3.63, 3.8) is 0 Å². The third-order valence-corrected chi connectivity index (χ3v) is 4.31. The van der Waals surface area contributed by atoms with E-state index in [2.05, 4.69) is 23.6 Å². The van der Waals surface area contributed by atoms with Gasteiger partial charge >= 0.3 is 6.03 Å². The molecule has 0 bridgehead atoms. The summed E-state index contributed by atoms with van der Waals surface area (Å²) in [5, 5.41) is 5.57. The van der Waals surface area contributed by atoms with Crippen LogP contribution in [-0.4, -0.2) is 32.4 Å². The van der Waals surface area contributed by atoms with Gasteiger partial charge in [-0.25, -0.2) is 4.79 Å². The Morgan fingerprint density at radius 3 is 2.58 bits per heavy atom. The molecule has 0 aromatic heterocycles. The van der Waals surface area contributed by atoms with E-state index in [9.17, 15) is 4.79 Å². The SMILES string of the molecule is Cc1ccc(C)c(OCCNC(=O)Nc2ccc3c(c2)OCCO3)c1C. The number of rotatable bonds is 5. The molecule has 0 fully saturated rings. The monoisotopic (exact) mass is 356 g/mol. The summed E-state index contributed by atoms with van der Waals surface area (Å²) in [6.45, 7) is 7.98. The molecule has 0 saturated carbocycles. The molecule has 0 radical (unpaired) electrons. The van der Waals surface area contributed by atoms with Crippen LogP contribution in [0.25, 0.3) is 0 Å². The van der Waals surface area contributed by atoms with Crippen LogP contribution >= 0.6 is 0 Å². The molecule has 3 rings (SSSR count). The predicted octanol–water partition coefficient (Wildman–Crippen LogP) is 3.58. The second-order valence-corrected chi connectivity index (χ2v) is 6.24. The number of amides is 2. The van der Waals surface area contributed by atoms with Crippen LogP contribution in [0.15, 0.2) is 30.3 Å². The zero-order chi connectivity index (χ0) is 18.5. The largest absolute Gasteiger partial charge is 0.491 e. The highest BCUT2D eigenvalue weighted by molar-refractivity contribution is 5.89. The van der Waals surface area contributed by atoms with Crippen molar-refractivity contribution >= 4 is 11.7 Å². The van der Waals surface area contributed by atoms with E-state index in [0.717, 1.165) is 16.9 Å². The number of fused-ring (bicyclic) bond motifs is 1. The molecule has 2 aromatic carbocycles. The van der Waals surface area contributed by atoms with E-state index in [-0.39, 0.29) is 6.03 Å². The fraction of sp³-hybridized carbons (Fsp3) is 0.350. The average molecular weight is 356 g/mol. The van der Waals surface area contributed by atoms with Crippen LogP contribution in [0.2, 0.25) is 0 Å². The van der Waals surface area contributed by atoms with Crippen molar-refractivity contribution in [1.82, 2.24) is 5.32 Å². The number of ether oxygens (including phenoxy) is 3. The smallest absolute Gasteiger partial charge is 0.319 e. The van der Waals surface area contributed by atoms with E-state index in [0.29, 0.717) is 43.6 Å². The maximum Gasteiger partial charge on any atom is 0.319 e. The second kappa shape index (κ2) is 7.99. The Morgan fingerprint density at radius 2 is 1.77 bits per heavy atom. The number of anilines is 1. The van der Waals surface area contributed by atoms with Gasteiger partial charge in [0.1, 0.15) is 25.6 Å². The van der Waals surface area contributed by atoms with E-state index in [1.165, 1.54) is 5.56 Å². The Morgan fingerprint density at radius 1 is 1.04 bits per heavy atom. The number of benzene rings is 2. The lowest BCUT2D eigenvalue weighted by molar-refractivity contribution is 0.171. The van der Waals surface area contributed by atoms with Crippen molar-refractivity contribution < 1.29 is 19.0 Å². The number of aryl methyl sites for hydroxylation is 2. The normalized spacial score (nSPS) is 12.4. The van der Waals surface area contributed by atoms with Crippen molar-refractivity contribution in [2.45, 2.75) is 20.8 Å². The first kappa shape index (κ1) is 17.9. The summed E-state index contributed by atoms with van der Waals surface area (Å²) in [5.74, 6) is 2.22. The number of carbonyl (C=O) groups is 1. The maximum atomic E-state index is 12.0. The maximum absolute atomic E-state index is 12.0. The molecule has 0 spiro atoms. The van der Waals surface area contributed by atoms with Gasteiger partial charge in [0, 0.05) is 11.8 Å². The number of hydrogen-bond donors (Lipinski definition) is 2. The Kier molecular flexibility index (Phi) is 5.51. The van der Waals surface area contributed by atoms with E-state index in [1.54, 1.807) is 18.2 Å². The summed E-state index contributed by atoms with van der Waals surface area (Å²) in [6, 6.07) is 9.16. The van der Waals surface area contributed by atoms with Gasteiger partial charge in [-0.2, -0.15) is 0 Å². The lowest BCUT2D eigenvalue weighted by atomic mass is 10.1. The van der Waals surface area contributed by atoms with Crippen molar-refractivity contribution in [2.24, 2.45) is 0 Å². The van der Waals surface area contributed by atoms with Gasteiger partial charge in [-0.05, 0) is 49.6 Å². The van der Waals surface area contributed by atoms with Crippen LogP contribution < -0.4 is 24.8 Å². The van der Waals surface area contributed by atoms with Crippen LogP contribution in [-0.2, 0) is 0 Å². The van der Waals surface area contributed by atoms with E-state index < -0.39 is 0 Å². The molecule has 1 aliphatic heterocycles. The summed E-state index contributed by atoms with van der Waals surface area (Å²) < 4.78 is 16.8.